The van der Waals surface area contributed by atoms with E-state index in [4.69, 9.17) is 9.84 Å². The predicted octanol–water partition coefficient (Wildman–Crippen LogP) is 2.02. The van der Waals surface area contributed by atoms with E-state index in [2.05, 4.69) is 5.32 Å². The molecule has 2 aromatic rings. The number of imide groups is 1. The van der Waals surface area contributed by atoms with Gasteiger partial charge in [0.15, 0.2) is 0 Å². The number of carboxylic acids is 1. The molecule has 2 N–H and O–H groups in total. The van der Waals surface area contributed by atoms with E-state index in [9.17, 15) is 19.2 Å². The molecule has 1 aliphatic rings. The van der Waals surface area contributed by atoms with Crippen molar-refractivity contribution >= 4 is 29.4 Å². The van der Waals surface area contributed by atoms with Gasteiger partial charge in [0.1, 0.15) is 5.75 Å². The first kappa shape index (κ1) is 18.1. The molecule has 3 rings (SSSR count). The van der Waals surface area contributed by atoms with Gasteiger partial charge in [0.25, 0.3) is 17.7 Å². The monoisotopic (exact) mass is 368 g/mol. The summed E-state index contributed by atoms with van der Waals surface area (Å²) >= 11 is 0. The van der Waals surface area contributed by atoms with E-state index in [-0.39, 0.29) is 30.0 Å². The smallest absolute Gasteiger partial charge is 0.305 e. The summed E-state index contributed by atoms with van der Waals surface area (Å²) in [5.74, 6) is -1.97. The second kappa shape index (κ2) is 7.28. The highest BCUT2D eigenvalue weighted by atomic mass is 16.5. The molecule has 0 bridgehead atoms. The topological polar surface area (TPSA) is 113 Å². The van der Waals surface area contributed by atoms with Gasteiger partial charge in [-0.3, -0.25) is 24.1 Å². The van der Waals surface area contributed by atoms with Crippen molar-refractivity contribution in [1.29, 1.82) is 0 Å². The van der Waals surface area contributed by atoms with E-state index in [0.717, 1.165) is 4.90 Å². The zero-order valence-electron chi connectivity index (χ0n) is 14.4. The van der Waals surface area contributed by atoms with Crippen LogP contribution in [0.15, 0.2) is 42.5 Å². The van der Waals surface area contributed by atoms with Gasteiger partial charge in [-0.2, -0.15) is 0 Å². The summed E-state index contributed by atoms with van der Waals surface area (Å²) in [6, 6.07) is 10.9. The number of carboxylic acid groups (broad SMARTS) is 1. The van der Waals surface area contributed by atoms with Crippen LogP contribution in [0.5, 0.6) is 5.75 Å². The first-order valence-corrected chi connectivity index (χ1v) is 8.08. The maximum absolute atomic E-state index is 12.4. The van der Waals surface area contributed by atoms with Crippen molar-refractivity contribution in [2.45, 2.75) is 6.42 Å². The van der Waals surface area contributed by atoms with Gasteiger partial charge in [-0.25, -0.2) is 0 Å². The maximum atomic E-state index is 12.4. The normalized spacial score (nSPS) is 12.7. The Balaban J connectivity index is 1.77. The van der Waals surface area contributed by atoms with E-state index < -0.39 is 17.8 Å². The van der Waals surface area contributed by atoms with Crippen LogP contribution >= 0.6 is 0 Å². The number of ether oxygens (including phenoxy) is 1. The summed E-state index contributed by atoms with van der Waals surface area (Å²) in [4.78, 5) is 48.5. The number of hydrogen-bond acceptors (Lipinski definition) is 5. The van der Waals surface area contributed by atoms with Crippen molar-refractivity contribution in [2.75, 3.05) is 19.0 Å². The average Bonchev–Trinajstić information content (AvgIpc) is 2.90. The number of anilines is 1. The molecule has 1 heterocycles. The lowest BCUT2D eigenvalue weighted by molar-refractivity contribution is -0.137. The van der Waals surface area contributed by atoms with Crippen LogP contribution in [0.2, 0.25) is 0 Å². The fourth-order valence-corrected chi connectivity index (χ4v) is 2.72. The lowest BCUT2D eigenvalue weighted by atomic mass is 10.1. The minimum absolute atomic E-state index is 0.137. The van der Waals surface area contributed by atoms with Crippen molar-refractivity contribution in [1.82, 2.24) is 4.90 Å². The molecule has 0 fully saturated rings. The molecule has 1 aliphatic heterocycles. The van der Waals surface area contributed by atoms with Crippen LogP contribution in [-0.4, -0.2) is 47.4 Å². The summed E-state index contributed by atoms with van der Waals surface area (Å²) in [7, 11) is 1.53. The highest BCUT2D eigenvalue weighted by Crippen LogP contribution is 2.26. The standard InChI is InChI=1S/C19H16N2O6/c1-27-13-5-2-11(3-6-13)17(24)20-12-4-7-14-15(10-12)19(26)21(18(14)25)9-8-16(22)23/h2-7,10H,8-9H2,1H3,(H,20,24)(H,22,23). The quantitative estimate of drug-likeness (QED) is 0.754. The molecule has 0 saturated heterocycles. The molecular formula is C19H16N2O6. The van der Waals surface area contributed by atoms with Gasteiger partial charge >= 0.3 is 5.97 Å². The fraction of sp³-hybridized carbons (Fsp3) is 0.158. The molecule has 0 spiro atoms. The van der Waals surface area contributed by atoms with E-state index in [1.54, 1.807) is 24.3 Å². The van der Waals surface area contributed by atoms with Gasteiger partial charge in [0.05, 0.1) is 24.7 Å². The van der Waals surface area contributed by atoms with Gasteiger partial charge in [-0.15, -0.1) is 0 Å². The number of carbonyl (C=O) groups is 4. The first-order valence-electron chi connectivity index (χ1n) is 8.08. The van der Waals surface area contributed by atoms with Crippen LogP contribution in [0.1, 0.15) is 37.5 Å². The Morgan fingerprint density at radius 3 is 2.33 bits per heavy atom. The third-order valence-electron chi connectivity index (χ3n) is 4.13. The molecule has 0 aromatic heterocycles. The Kier molecular flexibility index (Phi) is 4.89. The number of rotatable bonds is 6. The number of benzene rings is 2. The fourth-order valence-electron chi connectivity index (χ4n) is 2.72. The number of nitrogens with one attached hydrogen (secondary N) is 1. The SMILES string of the molecule is COc1ccc(C(=O)Nc2ccc3c(c2)C(=O)N(CCC(=O)O)C3=O)cc1. The molecule has 138 valence electrons. The van der Waals surface area contributed by atoms with Crippen molar-refractivity contribution < 1.29 is 29.0 Å². The molecule has 27 heavy (non-hydrogen) atoms. The number of methoxy groups -OCH3 is 1. The first-order chi connectivity index (χ1) is 12.9. The van der Waals surface area contributed by atoms with Crippen molar-refractivity contribution in [3.63, 3.8) is 0 Å². The van der Waals surface area contributed by atoms with Crippen LogP contribution in [0.25, 0.3) is 0 Å². The van der Waals surface area contributed by atoms with E-state index in [0.29, 0.717) is 17.0 Å². The Morgan fingerprint density at radius 1 is 1.04 bits per heavy atom. The average molecular weight is 368 g/mol. The minimum atomic E-state index is -1.10. The van der Waals surface area contributed by atoms with Gasteiger partial charge in [-0.05, 0) is 42.5 Å². The lowest BCUT2D eigenvalue weighted by Crippen LogP contribution is -2.31. The molecule has 0 aliphatic carbocycles. The molecule has 3 amide bonds. The van der Waals surface area contributed by atoms with Crippen molar-refractivity contribution in [3.8, 4) is 5.75 Å². The maximum Gasteiger partial charge on any atom is 0.305 e. The highest BCUT2D eigenvalue weighted by molar-refractivity contribution is 6.22. The molecule has 0 unspecified atom stereocenters. The molecule has 0 atom stereocenters. The Labute approximate surface area is 154 Å². The highest BCUT2D eigenvalue weighted by Gasteiger charge is 2.35. The Bertz CT molecular complexity index is 936. The predicted molar refractivity (Wildman–Crippen MR) is 95.0 cm³/mol. The number of aliphatic carboxylic acids is 1. The number of nitrogens with zero attached hydrogens (tertiary/aromatic N) is 1. The van der Waals surface area contributed by atoms with E-state index in [1.807, 2.05) is 0 Å². The van der Waals surface area contributed by atoms with E-state index >= 15 is 0 Å². The third-order valence-corrected chi connectivity index (χ3v) is 4.13. The Morgan fingerprint density at radius 2 is 1.70 bits per heavy atom. The zero-order valence-corrected chi connectivity index (χ0v) is 14.4. The molecule has 2 aromatic carbocycles. The van der Waals surface area contributed by atoms with Gasteiger partial charge in [0.2, 0.25) is 0 Å². The number of fused-ring (bicyclic) bond motifs is 1. The molecule has 0 radical (unpaired) electrons. The van der Waals surface area contributed by atoms with Crippen LogP contribution in [0, 0.1) is 0 Å². The number of hydrogen-bond donors (Lipinski definition) is 2. The largest absolute Gasteiger partial charge is 0.497 e. The molecule has 8 nitrogen and oxygen atoms in total. The lowest BCUT2D eigenvalue weighted by Gasteiger charge is -2.11. The van der Waals surface area contributed by atoms with Gasteiger partial charge < -0.3 is 15.2 Å². The van der Waals surface area contributed by atoms with Crippen LogP contribution < -0.4 is 10.1 Å². The summed E-state index contributed by atoms with van der Waals surface area (Å²) in [6.45, 7) is -0.199. The van der Waals surface area contributed by atoms with Crippen molar-refractivity contribution in [3.05, 3.63) is 59.2 Å². The summed E-state index contributed by atoms with van der Waals surface area (Å²) in [5, 5.41) is 11.4. The second-order valence-electron chi connectivity index (χ2n) is 5.85. The van der Waals surface area contributed by atoms with E-state index in [1.165, 1.54) is 25.3 Å². The minimum Gasteiger partial charge on any atom is -0.497 e. The molecule has 8 heteroatoms. The van der Waals surface area contributed by atoms with Crippen molar-refractivity contribution in [2.24, 2.45) is 0 Å². The zero-order chi connectivity index (χ0) is 19.6. The summed E-state index contributed by atoms with van der Waals surface area (Å²) in [6.07, 6.45) is -0.327. The van der Waals surface area contributed by atoms with Gasteiger partial charge in [-0.1, -0.05) is 0 Å². The third kappa shape index (κ3) is 3.64. The van der Waals surface area contributed by atoms with Gasteiger partial charge in [0, 0.05) is 17.8 Å². The van der Waals surface area contributed by atoms with Crippen LogP contribution in [-0.2, 0) is 4.79 Å². The Hall–Kier alpha value is -3.68. The molecular weight excluding hydrogens is 352 g/mol. The number of carbonyl (C=O) groups excluding carboxylic acids is 3. The number of amides is 3. The van der Waals surface area contributed by atoms with Crippen LogP contribution in [0.4, 0.5) is 5.69 Å². The van der Waals surface area contributed by atoms with Crippen LogP contribution in [0.3, 0.4) is 0 Å². The summed E-state index contributed by atoms with van der Waals surface area (Å²) in [5.41, 5.74) is 1.09. The summed E-state index contributed by atoms with van der Waals surface area (Å²) < 4.78 is 5.04. The molecule has 0 saturated carbocycles. The second-order valence-corrected chi connectivity index (χ2v) is 5.85.